The summed E-state index contributed by atoms with van der Waals surface area (Å²) in [6.45, 7) is 5.74. The van der Waals surface area contributed by atoms with Gasteiger partial charge in [0.2, 0.25) is 0 Å². The maximum atomic E-state index is 14.9. The molecule has 1 aromatic carbocycles. The third-order valence-corrected chi connectivity index (χ3v) is 5.43. The van der Waals surface area contributed by atoms with E-state index in [0.717, 1.165) is 36.9 Å². The Morgan fingerprint density at radius 3 is 2.85 bits per heavy atom. The van der Waals surface area contributed by atoms with Gasteiger partial charge in [-0.1, -0.05) is 24.3 Å². The average molecular weight is 367 g/mol. The van der Waals surface area contributed by atoms with E-state index in [4.69, 9.17) is 0 Å². The number of hydrogen-bond acceptors (Lipinski definition) is 4. The second-order valence-corrected chi connectivity index (χ2v) is 7.31. The molecule has 0 saturated heterocycles. The Kier molecular flexibility index (Phi) is 4.17. The van der Waals surface area contributed by atoms with Crippen molar-refractivity contribution in [3.05, 3.63) is 63.1 Å². The lowest BCUT2D eigenvalue weighted by Crippen LogP contribution is -2.38. The van der Waals surface area contributed by atoms with Gasteiger partial charge in [0.1, 0.15) is 23.0 Å². The number of fused-ring (bicyclic) bond motifs is 1. The summed E-state index contributed by atoms with van der Waals surface area (Å²) in [5, 5.41) is 8.66. The van der Waals surface area contributed by atoms with E-state index < -0.39 is 5.54 Å². The summed E-state index contributed by atoms with van der Waals surface area (Å²) in [7, 11) is 0. The fraction of sp³-hybridized carbons (Fsp3) is 0.400. The molecule has 1 aliphatic rings. The lowest BCUT2D eigenvalue weighted by Gasteiger charge is -2.35. The monoisotopic (exact) mass is 367 g/mol. The molecule has 1 N–H and O–H groups in total. The summed E-state index contributed by atoms with van der Waals surface area (Å²) < 4.78 is 16.7. The van der Waals surface area contributed by atoms with Gasteiger partial charge in [-0.2, -0.15) is 0 Å². The minimum absolute atomic E-state index is 0.216. The topological polar surface area (TPSA) is 76.5 Å². The van der Waals surface area contributed by atoms with Crippen molar-refractivity contribution < 1.29 is 4.39 Å². The Bertz CT molecular complexity index is 1070. The van der Waals surface area contributed by atoms with Gasteiger partial charge >= 0.3 is 0 Å². The highest BCUT2D eigenvalue weighted by molar-refractivity contribution is 5.57. The van der Waals surface area contributed by atoms with Gasteiger partial charge < -0.3 is 4.98 Å². The van der Waals surface area contributed by atoms with Crippen LogP contribution in [0.5, 0.6) is 0 Å². The Labute approximate surface area is 156 Å². The summed E-state index contributed by atoms with van der Waals surface area (Å²) in [6.07, 6.45) is 3.21. The zero-order valence-corrected chi connectivity index (χ0v) is 15.7. The second kappa shape index (κ2) is 6.40. The second-order valence-electron chi connectivity index (χ2n) is 7.31. The number of aryl methyl sites for hydroxylation is 2. The van der Waals surface area contributed by atoms with Gasteiger partial charge in [-0.3, -0.25) is 4.79 Å². The van der Waals surface area contributed by atoms with Crippen LogP contribution in [0.4, 0.5) is 4.39 Å². The predicted molar refractivity (Wildman–Crippen MR) is 100 cm³/mol. The van der Waals surface area contributed by atoms with Gasteiger partial charge in [-0.25, -0.2) is 14.1 Å². The van der Waals surface area contributed by atoms with E-state index in [9.17, 15) is 9.18 Å². The quantitative estimate of drug-likeness (QED) is 0.772. The molecule has 4 rings (SSSR count). The predicted octanol–water partition coefficient (Wildman–Crippen LogP) is 3.14. The zero-order valence-electron chi connectivity index (χ0n) is 15.7. The molecule has 0 spiro atoms. The first-order valence-corrected chi connectivity index (χ1v) is 9.24. The molecule has 1 unspecified atom stereocenters. The molecule has 0 saturated carbocycles. The van der Waals surface area contributed by atoms with Crippen molar-refractivity contribution >= 4 is 0 Å². The fourth-order valence-corrected chi connectivity index (χ4v) is 3.99. The number of H-pyrrole nitrogens is 1. The van der Waals surface area contributed by atoms with Gasteiger partial charge in [-0.15, -0.1) is 5.10 Å². The Morgan fingerprint density at radius 1 is 1.33 bits per heavy atom. The van der Waals surface area contributed by atoms with Crippen molar-refractivity contribution in [3.63, 3.8) is 0 Å². The molecule has 140 valence electrons. The van der Waals surface area contributed by atoms with Crippen LogP contribution in [0.25, 0.3) is 11.4 Å². The summed E-state index contributed by atoms with van der Waals surface area (Å²) in [5.41, 5.74) is 2.74. The molecule has 27 heavy (non-hydrogen) atoms. The molecule has 2 aromatic heterocycles. The van der Waals surface area contributed by atoms with E-state index in [-0.39, 0.29) is 11.4 Å². The molecule has 0 fully saturated rings. The summed E-state index contributed by atoms with van der Waals surface area (Å²) in [5.74, 6) is 0.311. The molecule has 0 aliphatic carbocycles. The van der Waals surface area contributed by atoms with E-state index in [1.807, 2.05) is 30.7 Å². The first-order chi connectivity index (χ1) is 12.9. The van der Waals surface area contributed by atoms with E-state index in [0.29, 0.717) is 22.8 Å². The maximum absolute atomic E-state index is 14.9. The van der Waals surface area contributed by atoms with Crippen LogP contribution < -0.4 is 5.56 Å². The van der Waals surface area contributed by atoms with E-state index in [1.165, 1.54) is 6.07 Å². The molecule has 6 nitrogen and oxygen atoms in total. The highest BCUT2D eigenvalue weighted by atomic mass is 19.1. The molecular weight excluding hydrogens is 345 g/mol. The standard InChI is InChI=1S/C20H22FN5O/c1-4-13-7-8-14(15(21)10-13)20(3)9-5-6-17-19(24-25-26(17)20)16-11-18(27)23-12(2)22-16/h7-8,10-11H,4-6,9H2,1-3H3,(H,22,23,27). The molecule has 1 atom stereocenters. The first-order valence-electron chi connectivity index (χ1n) is 9.24. The maximum Gasteiger partial charge on any atom is 0.251 e. The van der Waals surface area contributed by atoms with E-state index in [1.54, 1.807) is 13.0 Å². The van der Waals surface area contributed by atoms with Crippen molar-refractivity contribution in [2.75, 3.05) is 0 Å². The molecule has 0 bridgehead atoms. The van der Waals surface area contributed by atoms with Crippen LogP contribution in [-0.2, 0) is 18.4 Å². The van der Waals surface area contributed by atoms with Crippen molar-refractivity contribution in [1.82, 2.24) is 25.0 Å². The number of rotatable bonds is 3. The number of benzene rings is 1. The minimum atomic E-state index is -0.620. The molecule has 1 aliphatic heterocycles. The molecule has 3 heterocycles. The van der Waals surface area contributed by atoms with Gasteiger partial charge in [0.15, 0.2) is 0 Å². The van der Waals surface area contributed by atoms with E-state index >= 15 is 0 Å². The first kappa shape index (κ1) is 17.6. The van der Waals surface area contributed by atoms with Crippen LogP contribution >= 0.6 is 0 Å². The smallest absolute Gasteiger partial charge is 0.251 e. The van der Waals surface area contributed by atoms with Crippen LogP contribution in [0.1, 0.15) is 49.3 Å². The van der Waals surface area contributed by atoms with Crippen LogP contribution in [0.15, 0.2) is 29.1 Å². The van der Waals surface area contributed by atoms with Crippen molar-refractivity contribution in [2.45, 2.75) is 52.0 Å². The third-order valence-electron chi connectivity index (χ3n) is 5.43. The summed E-state index contributed by atoms with van der Waals surface area (Å²) in [4.78, 5) is 18.9. The molecule has 3 aromatic rings. The summed E-state index contributed by atoms with van der Waals surface area (Å²) >= 11 is 0. The van der Waals surface area contributed by atoms with Gasteiger partial charge in [0.25, 0.3) is 5.56 Å². The number of aromatic amines is 1. The van der Waals surface area contributed by atoms with Crippen LogP contribution in [0.2, 0.25) is 0 Å². The lowest BCUT2D eigenvalue weighted by atomic mass is 9.82. The van der Waals surface area contributed by atoms with E-state index in [2.05, 4.69) is 20.3 Å². The highest BCUT2D eigenvalue weighted by Gasteiger charge is 2.38. The van der Waals surface area contributed by atoms with Crippen molar-refractivity contribution in [1.29, 1.82) is 0 Å². The zero-order chi connectivity index (χ0) is 19.2. The molecule has 7 heteroatoms. The Morgan fingerprint density at radius 2 is 2.15 bits per heavy atom. The Balaban J connectivity index is 1.85. The highest BCUT2D eigenvalue weighted by Crippen LogP contribution is 2.39. The Hall–Kier alpha value is -2.83. The van der Waals surface area contributed by atoms with Crippen LogP contribution in [-0.4, -0.2) is 25.0 Å². The van der Waals surface area contributed by atoms with Gasteiger partial charge in [0.05, 0.1) is 11.2 Å². The number of nitrogens with one attached hydrogen (secondary N) is 1. The van der Waals surface area contributed by atoms with Crippen molar-refractivity contribution in [3.8, 4) is 11.4 Å². The number of hydrogen-bond donors (Lipinski definition) is 1. The molecular formula is C20H22FN5O. The van der Waals surface area contributed by atoms with Crippen molar-refractivity contribution in [2.24, 2.45) is 0 Å². The summed E-state index contributed by atoms with van der Waals surface area (Å²) in [6, 6.07) is 6.87. The number of nitrogens with zero attached hydrogens (tertiary/aromatic N) is 4. The third kappa shape index (κ3) is 2.87. The largest absolute Gasteiger partial charge is 0.311 e. The van der Waals surface area contributed by atoms with Crippen LogP contribution in [0.3, 0.4) is 0 Å². The molecule has 0 amide bonds. The normalized spacial score (nSPS) is 19.1. The minimum Gasteiger partial charge on any atom is -0.311 e. The van der Waals surface area contributed by atoms with Crippen LogP contribution in [0, 0.1) is 12.7 Å². The van der Waals surface area contributed by atoms with Gasteiger partial charge in [-0.05, 0) is 51.2 Å². The molecule has 0 radical (unpaired) electrons. The fourth-order valence-electron chi connectivity index (χ4n) is 3.99. The number of halogens is 1. The average Bonchev–Trinajstić information content (AvgIpc) is 3.06. The van der Waals surface area contributed by atoms with Gasteiger partial charge in [0, 0.05) is 11.6 Å². The SMILES string of the molecule is CCc1ccc(C2(C)CCCc3c(-c4cc(=O)[nH]c(C)n4)nnn32)c(F)c1. The number of aromatic nitrogens is 5. The lowest BCUT2D eigenvalue weighted by molar-refractivity contribution is 0.267.